The number of hydrogen-bond acceptors (Lipinski definition) is 3. The molecule has 9 heteroatoms. The molecule has 0 saturated heterocycles. The summed E-state index contributed by atoms with van der Waals surface area (Å²) in [6.45, 7) is 0.395. The molecule has 1 amide bonds. The van der Waals surface area contributed by atoms with Gasteiger partial charge in [-0.1, -0.05) is 25.0 Å². The first kappa shape index (κ1) is 20.2. The predicted octanol–water partition coefficient (Wildman–Crippen LogP) is 2.96. The number of nitrogens with one attached hydrogen (secondary N) is 1. The number of benzene rings is 1. The van der Waals surface area contributed by atoms with Crippen molar-refractivity contribution >= 4 is 5.91 Å². The molecule has 0 radical (unpaired) electrons. The van der Waals surface area contributed by atoms with E-state index in [0.717, 1.165) is 29.7 Å². The molecule has 2 aromatic rings. The molecule has 1 aliphatic carbocycles. The van der Waals surface area contributed by atoms with Crippen molar-refractivity contribution in [2.24, 2.45) is 13.0 Å². The van der Waals surface area contributed by atoms with Crippen molar-refractivity contribution in [2.75, 3.05) is 6.54 Å². The van der Waals surface area contributed by atoms with E-state index in [1.165, 1.54) is 36.6 Å². The summed E-state index contributed by atoms with van der Waals surface area (Å²) in [6, 6.07) is 4.70. The van der Waals surface area contributed by atoms with Gasteiger partial charge in [-0.05, 0) is 30.9 Å². The van der Waals surface area contributed by atoms with Gasteiger partial charge in [-0.3, -0.25) is 9.36 Å². The summed E-state index contributed by atoms with van der Waals surface area (Å²) in [5, 5.41) is 6.94. The lowest BCUT2D eigenvalue weighted by Crippen LogP contribution is -2.32. The first-order valence-corrected chi connectivity index (χ1v) is 9.34. The van der Waals surface area contributed by atoms with E-state index in [4.69, 9.17) is 0 Å². The highest BCUT2D eigenvalue weighted by molar-refractivity contribution is 5.76. The zero-order valence-electron chi connectivity index (χ0n) is 15.6. The Morgan fingerprint density at radius 1 is 1.29 bits per heavy atom. The van der Waals surface area contributed by atoms with Gasteiger partial charge in [-0.2, -0.15) is 13.2 Å². The standard InChI is InChI=1S/C19H23F3N4O2/c1-25-17(14-7-4-8-15(12-14)19(20,21)22)24-26(18(25)28)10-9-23-16(27)11-13-5-2-3-6-13/h4,7-8,12-13H,2-3,5-6,9-11H2,1H3,(H,23,27). The monoisotopic (exact) mass is 396 g/mol. The SMILES string of the molecule is Cn1c(-c2cccc(C(F)(F)F)c2)nn(CCNC(=O)CC2CCCC2)c1=O. The largest absolute Gasteiger partial charge is 0.416 e. The Balaban J connectivity index is 1.66. The minimum absolute atomic E-state index is 0.0472. The zero-order chi connectivity index (χ0) is 20.3. The highest BCUT2D eigenvalue weighted by Gasteiger charge is 2.31. The molecule has 0 aliphatic heterocycles. The van der Waals surface area contributed by atoms with E-state index in [0.29, 0.717) is 12.3 Å². The number of hydrogen-bond donors (Lipinski definition) is 1. The normalized spacial score (nSPS) is 15.1. The first-order chi connectivity index (χ1) is 13.3. The Morgan fingerprint density at radius 3 is 2.68 bits per heavy atom. The van der Waals surface area contributed by atoms with Gasteiger partial charge in [0, 0.05) is 25.6 Å². The number of amides is 1. The molecular weight excluding hydrogens is 373 g/mol. The fourth-order valence-corrected chi connectivity index (χ4v) is 3.57. The maximum absolute atomic E-state index is 12.9. The molecular formula is C19H23F3N4O2. The number of halogens is 3. The maximum Gasteiger partial charge on any atom is 0.416 e. The Bertz CT molecular complexity index is 895. The molecule has 1 fully saturated rings. The van der Waals surface area contributed by atoms with Crippen LogP contribution in [0.4, 0.5) is 13.2 Å². The van der Waals surface area contributed by atoms with Crippen molar-refractivity contribution < 1.29 is 18.0 Å². The Labute approximate surface area is 160 Å². The van der Waals surface area contributed by atoms with E-state index in [1.54, 1.807) is 0 Å². The molecule has 1 saturated carbocycles. The lowest BCUT2D eigenvalue weighted by atomic mass is 10.0. The van der Waals surface area contributed by atoms with Crippen LogP contribution in [-0.2, 0) is 24.6 Å². The fourth-order valence-electron chi connectivity index (χ4n) is 3.57. The number of nitrogens with zero attached hydrogens (tertiary/aromatic N) is 3. The summed E-state index contributed by atoms with van der Waals surface area (Å²) in [4.78, 5) is 24.3. The minimum Gasteiger partial charge on any atom is -0.354 e. The van der Waals surface area contributed by atoms with Crippen LogP contribution in [-0.4, -0.2) is 26.8 Å². The van der Waals surface area contributed by atoms with Gasteiger partial charge in [0.15, 0.2) is 5.82 Å². The van der Waals surface area contributed by atoms with E-state index in [9.17, 15) is 22.8 Å². The third kappa shape index (κ3) is 4.63. The number of rotatable bonds is 6. The van der Waals surface area contributed by atoms with E-state index in [2.05, 4.69) is 10.4 Å². The lowest BCUT2D eigenvalue weighted by Gasteiger charge is -2.09. The van der Waals surface area contributed by atoms with Crippen LogP contribution in [0, 0.1) is 5.92 Å². The Hall–Kier alpha value is -2.58. The van der Waals surface area contributed by atoms with Crippen LogP contribution in [0.15, 0.2) is 29.1 Å². The third-order valence-electron chi connectivity index (χ3n) is 5.08. The summed E-state index contributed by atoms with van der Waals surface area (Å²) in [6.07, 6.45) is 0.508. The van der Waals surface area contributed by atoms with Gasteiger partial charge < -0.3 is 5.32 Å². The molecule has 0 unspecified atom stereocenters. The molecule has 3 rings (SSSR count). The molecule has 1 aliphatic rings. The summed E-state index contributed by atoms with van der Waals surface area (Å²) in [7, 11) is 1.46. The third-order valence-corrected chi connectivity index (χ3v) is 5.08. The topological polar surface area (TPSA) is 68.9 Å². The molecule has 1 aromatic heterocycles. The van der Waals surface area contributed by atoms with Crippen LogP contribution in [0.2, 0.25) is 0 Å². The van der Waals surface area contributed by atoms with Crippen molar-refractivity contribution in [1.82, 2.24) is 19.7 Å². The van der Waals surface area contributed by atoms with Gasteiger partial charge in [-0.25, -0.2) is 9.48 Å². The molecule has 1 aromatic carbocycles. The molecule has 28 heavy (non-hydrogen) atoms. The molecule has 0 atom stereocenters. The second-order valence-electron chi connectivity index (χ2n) is 7.17. The molecule has 0 bridgehead atoms. The van der Waals surface area contributed by atoms with Gasteiger partial charge in [0.25, 0.3) is 0 Å². The summed E-state index contributed by atoms with van der Waals surface area (Å²) in [5.74, 6) is 0.535. The average Bonchev–Trinajstić information content (AvgIpc) is 3.24. The van der Waals surface area contributed by atoms with Gasteiger partial charge >= 0.3 is 11.9 Å². The van der Waals surface area contributed by atoms with Crippen LogP contribution in [0.3, 0.4) is 0 Å². The second-order valence-corrected chi connectivity index (χ2v) is 7.17. The van der Waals surface area contributed by atoms with Gasteiger partial charge in [0.1, 0.15) is 0 Å². The number of aromatic nitrogens is 3. The highest BCUT2D eigenvalue weighted by atomic mass is 19.4. The maximum atomic E-state index is 12.9. The molecule has 0 spiro atoms. The van der Waals surface area contributed by atoms with Crippen LogP contribution >= 0.6 is 0 Å². The fraction of sp³-hybridized carbons (Fsp3) is 0.526. The van der Waals surface area contributed by atoms with Crippen LogP contribution in [0.5, 0.6) is 0 Å². The molecule has 152 valence electrons. The van der Waals surface area contributed by atoms with E-state index in [-0.39, 0.29) is 30.4 Å². The van der Waals surface area contributed by atoms with E-state index in [1.807, 2.05) is 0 Å². The minimum atomic E-state index is -4.47. The van der Waals surface area contributed by atoms with E-state index >= 15 is 0 Å². The number of alkyl halides is 3. The highest BCUT2D eigenvalue weighted by Crippen LogP contribution is 2.31. The predicted molar refractivity (Wildman–Crippen MR) is 97.5 cm³/mol. The quantitative estimate of drug-likeness (QED) is 0.816. The van der Waals surface area contributed by atoms with Crippen molar-refractivity contribution in [2.45, 2.75) is 44.8 Å². The van der Waals surface area contributed by atoms with Gasteiger partial charge in [0.2, 0.25) is 5.91 Å². The zero-order valence-corrected chi connectivity index (χ0v) is 15.6. The summed E-state index contributed by atoms with van der Waals surface area (Å²) >= 11 is 0. The second kappa shape index (κ2) is 8.20. The van der Waals surface area contributed by atoms with Gasteiger partial charge in [0.05, 0.1) is 12.1 Å². The lowest BCUT2D eigenvalue weighted by molar-refractivity contribution is -0.137. The van der Waals surface area contributed by atoms with Crippen LogP contribution in [0.25, 0.3) is 11.4 Å². The Morgan fingerprint density at radius 2 is 2.00 bits per heavy atom. The first-order valence-electron chi connectivity index (χ1n) is 9.34. The van der Waals surface area contributed by atoms with Crippen molar-refractivity contribution in [3.63, 3.8) is 0 Å². The Kier molecular flexibility index (Phi) is 5.90. The molecule has 6 nitrogen and oxygen atoms in total. The number of carbonyl (C=O) groups excluding carboxylic acids is 1. The van der Waals surface area contributed by atoms with Crippen molar-refractivity contribution in [1.29, 1.82) is 0 Å². The van der Waals surface area contributed by atoms with Crippen LogP contribution < -0.4 is 11.0 Å². The van der Waals surface area contributed by atoms with Crippen LogP contribution in [0.1, 0.15) is 37.7 Å². The molecule has 1 N–H and O–H groups in total. The van der Waals surface area contributed by atoms with E-state index < -0.39 is 17.4 Å². The smallest absolute Gasteiger partial charge is 0.354 e. The van der Waals surface area contributed by atoms with Crippen molar-refractivity contribution in [3.05, 3.63) is 40.3 Å². The summed E-state index contributed by atoms with van der Waals surface area (Å²) < 4.78 is 41.1. The average molecular weight is 396 g/mol. The molecule has 1 heterocycles. The summed E-state index contributed by atoms with van der Waals surface area (Å²) in [5.41, 5.74) is -1.04. The number of carbonyl (C=O) groups is 1. The van der Waals surface area contributed by atoms with Crippen molar-refractivity contribution in [3.8, 4) is 11.4 Å². The van der Waals surface area contributed by atoms with Gasteiger partial charge in [-0.15, -0.1) is 5.10 Å².